The first kappa shape index (κ1) is 13.9. The highest BCUT2D eigenvalue weighted by molar-refractivity contribution is 5.85. The van der Waals surface area contributed by atoms with Crippen LogP contribution in [-0.4, -0.2) is 7.11 Å². The summed E-state index contributed by atoms with van der Waals surface area (Å²) in [6, 6.07) is 7.31. The molecule has 0 heterocycles. The number of hydrogen-bond acceptors (Lipinski definition) is 3. The Morgan fingerprint density at radius 2 is 1.67 bits per heavy atom. The van der Waals surface area contributed by atoms with Crippen molar-refractivity contribution in [1.82, 2.24) is 0 Å². The number of benzene rings is 1. The Kier molecular flexibility index (Phi) is 8.16. The van der Waals surface area contributed by atoms with Gasteiger partial charge in [0.25, 0.3) is 0 Å². The first-order valence-electron chi connectivity index (χ1n) is 2.97. The minimum atomic E-state index is 0. The monoisotopic (exact) mass is 210 g/mol. The Balaban J connectivity index is 0. The maximum Gasteiger partial charge on any atom is 0.0636 e. The Labute approximate surface area is 84.1 Å². The van der Waals surface area contributed by atoms with E-state index in [1.807, 2.05) is 12.1 Å². The zero-order chi connectivity index (χ0) is 7.40. The predicted octanol–water partition coefficient (Wildman–Crippen LogP) is 2.09. The highest BCUT2D eigenvalue weighted by Crippen LogP contribution is 2.09. The molecular formula is C7H12Cl2N2O. The Morgan fingerprint density at radius 1 is 1.17 bits per heavy atom. The highest BCUT2D eigenvalue weighted by Gasteiger charge is 1.87. The van der Waals surface area contributed by atoms with E-state index in [4.69, 9.17) is 5.73 Å². The molecule has 1 aromatic rings. The summed E-state index contributed by atoms with van der Waals surface area (Å²) in [5.41, 5.74) is 9.78. The minimum Gasteiger partial charge on any atom is -0.399 e. The average molecular weight is 211 g/mol. The number of nitrogens with one attached hydrogen (secondary N) is 1. The lowest BCUT2D eigenvalue weighted by molar-refractivity contribution is 0.271. The smallest absolute Gasteiger partial charge is 0.0636 e. The molecule has 0 spiro atoms. The molecule has 1 rings (SSSR count). The van der Waals surface area contributed by atoms with Crippen LogP contribution in [0.25, 0.3) is 0 Å². The van der Waals surface area contributed by atoms with Crippen LogP contribution in [-0.2, 0) is 4.84 Å². The topological polar surface area (TPSA) is 47.3 Å². The summed E-state index contributed by atoms with van der Waals surface area (Å²) in [4.78, 5) is 4.68. The molecule has 3 nitrogen and oxygen atoms in total. The number of anilines is 2. The number of nitrogen functional groups attached to an aromatic ring is 1. The Morgan fingerprint density at radius 3 is 2.08 bits per heavy atom. The molecule has 5 heteroatoms. The lowest BCUT2D eigenvalue weighted by atomic mass is 10.3. The fraction of sp³-hybridized carbons (Fsp3) is 0.143. The van der Waals surface area contributed by atoms with E-state index in [2.05, 4.69) is 10.3 Å². The lowest BCUT2D eigenvalue weighted by Crippen LogP contribution is -1.94. The molecule has 70 valence electrons. The molecule has 0 unspecified atom stereocenters. The Hall–Kier alpha value is -0.640. The number of rotatable bonds is 2. The standard InChI is InChI=1S/C7H10N2O.2ClH/c1-10-9-7-4-2-6(8)3-5-7;;/h2-5,9H,8H2,1H3;2*1H. The van der Waals surface area contributed by atoms with Gasteiger partial charge < -0.3 is 5.73 Å². The van der Waals surface area contributed by atoms with Crippen molar-refractivity contribution < 1.29 is 4.84 Å². The van der Waals surface area contributed by atoms with Gasteiger partial charge in [0.15, 0.2) is 0 Å². The molecule has 1 aromatic carbocycles. The van der Waals surface area contributed by atoms with E-state index in [-0.39, 0.29) is 24.8 Å². The first-order chi connectivity index (χ1) is 4.83. The van der Waals surface area contributed by atoms with Crippen molar-refractivity contribution in [2.75, 3.05) is 18.3 Å². The molecule has 3 N–H and O–H groups in total. The molecule has 0 saturated carbocycles. The molecule has 0 amide bonds. The van der Waals surface area contributed by atoms with Crippen LogP contribution >= 0.6 is 24.8 Å². The second-order valence-electron chi connectivity index (χ2n) is 1.93. The van der Waals surface area contributed by atoms with E-state index < -0.39 is 0 Å². The fourth-order valence-corrected chi connectivity index (χ4v) is 0.669. The van der Waals surface area contributed by atoms with Crippen molar-refractivity contribution in [1.29, 1.82) is 0 Å². The summed E-state index contributed by atoms with van der Waals surface area (Å²) < 4.78 is 0. The van der Waals surface area contributed by atoms with Crippen LogP contribution in [0.15, 0.2) is 24.3 Å². The molecule has 0 aliphatic heterocycles. The fourth-order valence-electron chi connectivity index (χ4n) is 0.669. The third-order valence-corrected chi connectivity index (χ3v) is 1.13. The number of nitrogens with two attached hydrogens (primary N) is 1. The molecule has 0 bridgehead atoms. The molecule has 0 radical (unpaired) electrons. The minimum absolute atomic E-state index is 0. The normalized spacial score (nSPS) is 7.75. The van der Waals surface area contributed by atoms with Crippen LogP contribution in [0.3, 0.4) is 0 Å². The third-order valence-electron chi connectivity index (χ3n) is 1.13. The number of halogens is 2. The molecule has 12 heavy (non-hydrogen) atoms. The molecule has 0 fully saturated rings. The van der Waals surface area contributed by atoms with Crippen LogP contribution in [0, 0.1) is 0 Å². The van der Waals surface area contributed by atoms with Crippen molar-refractivity contribution in [2.24, 2.45) is 0 Å². The van der Waals surface area contributed by atoms with Gasteiger partial charge >= 0.3 is 0 Å². The zero-order valence-corrected chi connectivity index (χ0v) is 8.24. The van der Waals surface area contributed by atoms with E-state index in [1.165, 1.54) is 0 Å². The van der Waals surface area contributed by atoms with E-state index in [0.717, 1.165) is 11.4 Å². The van der Waals surface area contributed by atoms with E-state index in [9.17, 15) is 0 Å². The first-order valence-corrected chi connectivity index (χ1v) is 2.97. The predicted molar refractivity (Wildman–Crippen MR) is 56.0 cm³/mol. The van der Waals surface area contributed by atoms with Gasteiger partial charge in [-0.3, -0.25) is 10.3 Å². The van der Waals surface area contributed by atoms with Gasteiger partial charge in [0.2, 0.25) is 0 Å². The van der Waals surface area contributed by atoms with Crippen molar-refractivity contribution in [2.45, 2.75) is 0 Å². The maximum atomic E-state index is 5.45. The SMILES string of the molecule is CONc1ccc(N)cc1.Cl.Cl. The van der Waals surface area contributed by atoms with Gasteiger partial charge in [-0.2, -0.15) is 0 Å². The van der Waals surface area contributed by atoms with E-state index in [1.54, 1.807) is 19.2 Å². The van der Waals surface area contributed by atoms with Crippen LogP contribution in [0.2, 0.25) is 0 Å². The summed E-state index contributed by atoms with van der Waals surface area (Å²) in [6.45, 7) is 0. The highest BCUT2D eigenvalue weighted by atomic mass is 35.5. The van der Waals surface area contributed by atoms with E-state index >= 15 is 0 Å². The molecule has 0 aliphatic carbocycles. The number of hydrogen-bond donors (Lipinski definition) is 2. The van der Waals surface area contributed by atoms with Crippen LogP contribution in [0.5, 0.6) is 0 Å². The zero-order valence-electron chi connectivity index (χ0n) is 6.61. The van der Waals surface area contributed by atoms with Gasteiger partial charge in [0.05, 0.1) is 12.8 Å². The van der Waals surface area contributed by atoms with Crippen LogP contribution in [0.1, 0.15) is 0 Å². The molecule has 0 aliphatic rings. The molecule has 0 atom stereocenters. The van der Waals surface area contributed by atoms with Crippen molar-refractivity contribution in [3.8, 4) is 0 Å². The largest absolute Gasteiger partial charge is 0.399 e. The van der Waals surface area contributed by atoms with Crippen LogP contribution in [0.4, 0.5) is 11.4 Å². The summed E-state index contributed by atoms with van der Waals surface area (Å²) in [6.07, 6.45) is 0. The summed E-state index contributed by atoms with van der Waals surface area (Å²) in [7, 11) is 1.57. The summed E-state index contributed by atoms with van der Waals surface area (Å²) in [5.74, 6) is 0. The van der Waals surface area contributed by atoms with Crippen molar-refractivity contribution in [3.05, 3.63) is 24.3 Å². The van der Waals surface area contributed by atoms with Crippen LogP contribution < -0.4 is 11.2 Å². The average Bonchev–Trinajstić information content (AvgIpc) is 1.95. The summed E-state index contributed by atoms with van der Waals surface area (Å²) in [5, 5.41) is 0. The second kappa shape index (κ2) is 7.03. The van der Waals surface area contributed by atoms with Gasteiger partial charge in [-0.15, -0.1) is 24.8 Å². The van der Waals surface area contributed by atoms with Gasteiger partial charge in [-0.05, 0) is 24.3 Å². The summed E-state index contributed by atoms with van der Waals surface area (Å²) >= 11 is 0. The second-order valence-corrected chi connectivity index (χ2v) is 1.93. The Bertz CT molecular complexity index is 203. The maximum absolute atomic E-state index is 5.45. The van der Waals surface area contributed by atoms with Gasteiger partial charge in [0.1, 0.15) is 0 Å². The van der Waals surface area contributed by atoms with Gasteiger partial charge in [-0.25, -0.2) is 0 Å². The quantitative estimate of drug-likeness (QED) is 0.581. The molecular weight excluding hydrogens is 199 g/mol. The molecule has 0 aromatic heterocycles. The van der Waals surface area contributed by atoms with E-state index in [0.29, 0.717) is 0 Å². The van der Waals surface area contributed by atoms with Crippen molar-refractivity contribution >= 4 is 36.2 Å². The van der Waals surface area contributed by atoms with Gasteiger partial charge in [-0.1, -0.05) is 0 Å². The third kappa shape index (κ3) is 4.28. The van der Waals surface area contributed by atoms with Crippen molar-refractivity contribution in [3.63, 3.8) is 0 Å². The lowest BCUT2D eigenvalue weighted by Gasteiger charge is -2.01. The molecule has 0 saturated heterocycles. The van der Waals surface area contributed by atoms with Gasteiger partial charge in [0, 0.05) is 5.69 Å².